The van der Waals surface area contributed by atoms with Gasteiger partial charge in [0.25, 0.3) is 0 Å². The van der Waals surface area contributed by atoms with Gasteiger partial charge in [-0.25, -0.2) is 0 Å². The topological polar surface area (TPSA) is 74.6 Å². The van der Waals surface area contributed by atoms with Gasteiger partial charge >= 0.3 is 11.9 Å². The number of unbranched alkanes of at least 4 members (excludes halogenated alkanes) is 18. The fourth-order valence-corrected chi connectivity index (χ4v) is 7.05. The van der Waals surface area contributed by atoms with E-state index in [2.05, 4.69) is 13.8 Å². The number of aliphatic carboxylic acids is 2. The molecule has 0 aliphatic heterocycles. The Balaban J connectivity index is 2.63. The van der Waals surface area contributed by atoms with Crippen LogP contribution in [0.15, 0.2) is 0 Å². The molecule has 0 radical (unpaired) electrons. The van der Waals surface area contributed by atoms with Crippen molar-refractivity contribution in [1.82, 2.24) is 0 Å². The van der Waals surface area contributed by atoms with Gasteiger partial charge in [-0.15, -0.1) is 11.3 Å². The van der Waals surface area contributed by atoms with E-state index in [0.717, 1.165) is 24.1 Å². The van der Waals surface area contributed by atoms with Crippen molar-refractivity contribution in [3.8, 4) is 0 Å². The quantitative estimate of drug-likeness (QED) is 0.0993. The molecule has 1 heterocycles. The Morgan fingerprint density at radius 3 is 1.23 bits per heavy atom. The Hall–Kier alpha value is -1.36. The Labute approximate surface area is 244 Å². The second kappa shape index (κ2) is 24.4. The van der Waals surface area contributed by atoms with Gasteiger partial charge in [-0.2, -0.15) is 0 Å². The molecule has 0 aliphatic carbocycles. The van der Waals surface area contributed by atoms with Gasteiger partial charge in [-0.1, -0.05) is 129 Å². The smallest absolute Gasteiger partial charge is 0.303 e. The normalized spacial score (nSPS) is 11.3. The predicted octanol–water partition coefficient (Wildman–Crippen LogP) is 10.7. The lowest BCUT2D eigenvalue weighted by Gasteiger charge is -2.09. The lowest BCUT2D eigenvalue weighted by Crippen LogP contribution is -2.04. The van der Waals surface area contributed by atoms with Gasteiger partial charge in [0.1, 0.15) is 0 Å². The van der Waals surface area contributed by atoms with Gasteiger partial charge in [0.2, 0.25) is 0 Å². The lowest BCUT2D eigenvalue weighted by molar-refractivity contribution is -0.138. The molecule has 0 fully saturated rings. The Bertz CT molecular complexity index is 755. The molecule has 0 saturated carbocycles. The van der Waals surface area contributed by atoms with E-state index in [4.69, 9.17) is 0 Å². The fraction of sp³-hybridized carbons (Fsp3) is 0.824. The van der Waals surface area contributed by atoms with Crippen molar-refractivity contribution in [2.24, 2.45) is 0 Å². The van der Waals surface area contributed by atoms with Crippen LogP contribution in [0.2, 0.25) is 0 Å². The van der Waals surface area contributed by atoms with E-state index in [0.29, 0.717) is 12.8 Å². The molecule has 5 heteroatoms. The Morgan fingerprint density at radius 1 is 0.462 bits per heavy atom. The van der Waals surface area contributed by atoms with Crippen LogP contribution in [0.5, 0.6) is 0 Å². The first-order valence-electron chi connectivity index (χ1n) is 16.5. The van der Waals surface area contributed by atoms with E-state index in [1.54, 1.807) is 11.3 Å². The summed E-state index contributed by atoms with van der Waals surface area (Å²) in [5.74, 6) is -1.55. The van der Waals surface area contributed by atoms with E-state index < -0.39 is 11.9 Å². The van der Waals surface area contributed by atoms with Crippen LogP contribution in [-0.2, 0) is 35.3 Å². The maximum absolute atomic E-state index is 11.4. The molecule has 0 spiro atoms. The van der Waals surface area contributed by atoms with Crippen LogP contribution in [0.4, 0.5) is 0 Å². The van der Waals surface area contributed by atoms with Gasteiger partial charge in [-0.05, 0) is 49.7 Å². The first kappa shape index (κ1) is 35.7. The highest BCUT2D eigenvalue weighted by atomic mass is 32.1. The molecule has 0 bridgehead atoms. The summed E-state index contributed by atoms with van der Waals surface area (Å²) in [6.07, 6.45) is 29.7. The molecule has 39 heavy (non-hydrogen) atoms. The van der Waals surface area contributed by atoms with Crippen molar-refractivity contribution in [2.75, 3.05) is 0 Å². The number of aryl methyl sites for hydroxylation is 2. The van der Waals surface area contributed by atoms with E-state index in [-0.39, 0.29) is 12.8 Å². The van der Waals surface area contributed by atoms with Crippen molar-refractivity contribution in [2.45, 2.75) is 181 Å². The van der Waals surface area contributed by atoms with E-state index in [1.165, 1.54) is 138 Å². The summed E-state index contributed by atoms with van der Waals surface area (Å²) >= 11 is 1.78. The molecular formula is C34H60O4S. The lowest BCUT2D eigenvalue weighted by atomic mass is 9.95. The largest absolute Gasteiger partial charge is 0.481 e. The van der Waals surface area contributed by atoms with Crippen molar-refractivity contribution >= 4 is 23.3 Å². The number of carboxylic acid groups (broad SMARTS) is 2. The fourth-order valence-electron chi connectivity index (χ4n) is 5.61. The number of hydrogen-bond donors (Lipinski definition) is 2. The molecule has 0 amide bonds. The van der Waals surface area contributed by atoms with Crippen molar-refractivity contribution in [3.63, 3.8) is 0 Å². The van der Waals surface area contributed by atoms with Gasteiger partial charge in [-0.3, -0.25) is 9.59 Å². The van der Waals surface area contributed by atoms with Gasteiger partial charge in [0.05, 0.1) is 6.42 Å². The highest BCUT2D eigenvalue weighted by molar-refractivity contribution is 7.12. The van der Waals surface area contributed by atoms with Crippen LogP contribution in [0.1, 0.15) is 176 Å². The summed E-state index contributed by atoms with van der Waals surface area (Å²) in [4.78, 5) is 25.2. The molecule has 0 atom stereocenters. The van der Waals surface area contributed by atoms with Gasteiger partial charge in [0, 0.05) is 16.2 Å². The van der Waals surface area contributed by atoms with E-state index >= 15 is 0 Å². The second-order valence-electron chi connectivity index (χ2n) is 11.6. The number of thiophene rings is 1. The zero-order valence-electron chi connectivity index (χ0n) is 25.5. The van der Waals surface area contributed by atoms with Crippen LogP contribution in [0, 0.1) is 0 Å². The molecule has 0 saturated heterocycles. The third-order valence-electron chi connectivity index (χ3n) is 7.98. The molecule has 1 aromatic rings. The molecule has 2 N–H and O–H groups in total. The van der Waals surface area contributed by atoms with E-state index in [1.807, 2.05) is 0 Å². The van der Waals surface area contributed by atoms with E-state index in [9.17, 15) is 19.8 Å². The molecule has 0 unspecified atom stereocenters. The van der Waals surface area contributed by atoms with Crippen LogP contribution in [-0.4, -0.2) is 22.2 Å². The summed E-state index contributed by atoms with van der Waals surface area (Å²) in [6, 6.07) is 0. The third-order valence-corrected chi connectivity index (χ3v) is 9.37. The molecule has 0 aliphatic rings. The van der Waals surface area contributed by atoms with Crippen molar-refractivity contribution in [1.29, 1.82) is 0 Å². The maximum atomic E-state index is 11.4. The summed E-state index contributed by atoms with van der Waals surface area (Å²) in [5, 5.41) is 18.6. The molecular weight excluding hydrogens is 504 g/mol. The zero-order chi connectivity index (χ0) is 28.6. The van der Waals surface area contributed by atoms with Crippen LogP contribution < -0.4 is 0 Å². The number of hydrogen-bond acceptors (Lipinski definition) is 3. The van der Waals surface area contributed by atoms with Crippen molar-refractivity contribution in [3.05, 3.63) is 20.9 Å². The number of rotatable bonds is 28. The molecule has 4 nitrogen and oxygen atoms in total. The number of carboxylic acids is 2. The number of carbonyl (C=O) groups is 2. The maximum Gasteiger partial charge on any atom is 0.303 e. The predicted molar refractivity (Wildman–Crippen MR) is 167 cm³/mol. The SMILES string of the molecule is CCCCCCCCCCCCc1sc(CCC(=O)O)c(CCC(=O)O)c1CCCCCCCCCCCC. The van der Waals surface area contributed by atoms with Crippen molar-refractivity contribution < 1.29 is 19.8 Å². The standard InChI is InChI=1S/C34H60O4S/c1-3-5-7-9-11-13-15-17-19-21-23-29-30(25-27-33(35)36)32(26-28-34(37)38)39-31(29)24-22-20-18-16-14-12-10-8-6-4-2/h3-28H2,1-2H3,(H,35,36)(H,37,38). The summed E-state index contributed by atoms with van der Waals surface area (Å²) < 4.78 is 0. The third kappa shape index (κ3) is 18.6. The Morgan fingerprint density at radius 2 is 0.795 bits per heavy atom. The molecule has 1 rings (SSSR count). The van der Waals surface area contributed by atoms with Crippen LogP contribution in [0.3, 0.4) is 0 Å². The summed E-state index contributed by atoms with van der Waals surface area (Å²) in [5.41, 5.74) is 2.54. The first-order chi connectivity index (χ1) is 19.0. The minimum Gasteiger partial charge on any atom is -0.481 e. The minimum absolute atomic E-state index is 0.121. The molecule has 0 aromatic carbocycles. The average Bonchev–Trinajstić information content (AvgIpc) is 3.24. The van der Waals surface area contributed by atoms with Gasteiger partial charge < -0.3 is 10.2 Å². The van der Waals surface area contributed by atoms with Crippen LogP contribution >= 0.6 is 11.3 Å². The highest BCUT2D eigenvalue weighted by Crippen LogP contribution is 2.34. The second-order valence-corrected chi connectivity index (χ2v) is 12.7. The minimum atomic E-state index is -0.778. The van der Waals surface area contributed by atoms with Gasteiger partial charge in [0.15, 0.2) is 0 Å². The average molecular weight is 565 g/mol. The summed E-state index contributed by atoms with van der Waals surface area (Å²) in [7, 11) is 0. The highest BCUT2D eigenvalue weighted by Gasteiger charge is 2.19. The molecule has 1 aromatic heterocycles. The Kier molecular flexibility index (Phi) is 22.3. The van der Waals surface area contributed by atoms with Crippen LogP contribution in [0.25, 0.3) is 0 Å². The summed E-state index contributed by atoms with van der Waals surface area (Å²) in [6.45, 7) is 4.53. The molecule has 226 valence electrons. The zero-order valence-corrected chi connectivity index (χ0v) is 26.3. The monoisotopic (exact) mass is 564 g/mol. The first-order valence-corrected chi connectivity index (χ1v) is 17.4.